The van der Waals surface area contributed by atoms with E-state index in [9.17, 15) is 5.11 Å². The first-order valence-corrected chi connectivity index (χ1v) is 7.23. The Hall–Kier alpha value is -1.27. The summed E-state index contributed by atoms with van der Waals surface area (Å²) in [7, 11) is 0. The summed E-state index contributed by atoms with van der Waals surface area (Å²) in [6, 6.07) is 5.42. The second-order valence-electron chi connectivity index (χ2n) is 4.92. The monoisotopic (exact) mass is 325 g/mol. The molecule has 1 fully saturated rings. The molecule has 0 aromatic carbocycles. The molecule has 6 heteroatoms. The first-order chi connectivity index (χ1) is 9.15. The maximum absolute atomic E-state index is 10.1. The van der Waals surface area contributed by atoms with Crippen molar-refractivity contribution in [1.29, 1.82) is 0 Å². The van der Waals surface area contributed by atoms with E-state index in [1.165, 1.54) is 0 Å². The maximum atomic E-state index is 10.1. The van der Waals surface area contributed by atoms with Gasteiger partial charge in [0.1, 0.15) is 11.5 Å². The van der Waals surface area contributed by atoms with Crippen LogP contribution in [0, 0.1) is 0 Å². The molecule has 0 aliphatic heterocycles. The lowest BCUT2D eigenvalue weighted by atomic mass is 9.93. The van der Waals surface area contributed by atoms with Crippen molar-refractivity contribution in [3.05, 3.63) is 22.9 Å². The molecule has 0 radical (unpaired) electrons. The highest BCUT2D eigenvalue weighted by Crippen LogP contribution is 2.32. The molecule has 5 nitrogen and oxygen atoms in total. The number of nitrogens with two attached hydrogens (primary N) is 1. The van der Waals surface area contributed by atoms with Crippen LogP contribution in [0.25, 0.3) is 11.5 Å². The highest BCUT2D eigenvalue weighted by molar-refractivity contribution is 9.10. The molecule has 0 saturated heterocycles. The van der Waals surface area contributed by atoms with E-state index < -0.39 is 0 Å². The minimum absolute atomic E-state index is 0.0269. The second-order valence-corrected chi connectivity index (χ2v) is 5.70. The molecule has 0 bridgehead atoms. The number of halogens is 1. The Labute approximate surface area is 119 Å². The lowest BCUT2D eigenvalue weighted by Gasteiger charge is -2.28. The molecule has 19 heavy (non-hydrogen) atoms. The number of nitrogen functional groups attached to an aromatic ring is 1. The molecule has 2 aromatic heterocycles. The Morgan fingerprint density at radius 1 is 1.37 bits per heavy atom. The summed E-state index contributed by atoms with van der Waals surface area (Å²) in [4.78, 5) is 0. The Bertz CT molecular complexity index is 578. The third-order valence-electron chi connectivity index (χ3n) is 3.60. The molecule has 1 aliphatic rings. The van der Waals surface area contributed by atoms with E-state index >= 15 is 0 Å². The quantitative estimate of drug-likeness (QED) is 0.889. The standard InChI is InChI=1S/C13H16BrN3O2/c14-12-6-5-11(19-12)8-7-13(15)17(16-8)9-3-1-2-4-10(9)18/h5-7,9-10,18H,1-4,15H2. The number of furan rings is 1. The van der Waals surface area contributed by atoms with Crippen LogP contribution in [0.4, 0.5) is 5.82 Å². The third-order valence-corrected chi connectivity index (χ3v) is 4.02. The maximum Gasteiger partial charge on any atom is 0.169 e. The van der Waals surface area contributed by atoms with Gasteiger partial charge in [-0.05, 0) is 40.9 Å². The zero-order chi connectivity index (χ0) is 13.4. The summed E-state index contributed by atoms with van der Waals surface area (Å²) in [5, 5.41) is 14.6. The van der Waals surface area contributed by atoms with Gasteiger partial charge in [0.15, 0.2) is 10.4 Å². The largest absolute Gasteiger partial charge is 0.448 e. The number of hydrogen-bond acceptors (Lipinski definition) is 4. The van der Waals surface area contributed by atoms with Crippen molar-refractivity contribution in [2.24, 2.45) is 0 Å². The van der Waals surface area contributed by atoms with Crippen molar-refractivity contribution in [3.8, 4) is 11.5 Å². The van der Waals surface area contributed by atoms with Crippen LogP contribution in [0.3, 0.4) is 0 Å². The molecule has 1 saturated carbocycles. The molecule has 0 spiro atoms. The fourth-order valence-corrected chi connectivity index (χ4v) is 2.93. The minimum atomic E-state index is -0.368. The van der Waals surface area contributed by atoms with Gasteiger partial charge < -0.3 is 15.3 Å². The average molecular weight is 326 g/mol. The summed E-state index contributed by atoms with van der Waals surface area (Å²) in [5.41, 5.74) is 6.71. The molecule has 2 heterocycles. The number of hydrogen-bond donors (Lipinski definition) is 2. The third kappa shape index (κ3) is 2.42. The Morgan fingerprint density at radius 3 is 2.84 bits per heavy atom. The van der Waals surface area contributed by atoms with Crippen LogP contribution in [0.1, 0.15) is 31.7 Å². The number of aliphatic hydroxyl groups excluding tert-OH is 1. The lowest BCUT2D eigenvalue weighted by molar-refractivity contribution is 0.0706. The zero-order valence-electron chi connectivity index (χ0n) is 10.4. The van der Waals surface area contributed by atoms with Crippen molar-refractivity contribution >= 4 is 21.7 Å². The summed E-state index contributed by atoms with van der Waals surface area (Å²) >= 11 is 3.27. The molecule has 0 amide bonds. The lowest BCUT2D eigenvalue weighted by Crippen LogP contribution is -2.29. The molecule has 2 atom stereocenters. The minimum Gasteiger partial charge on any atom is -0.448 e. The van der Waals surface area contributed by atoms with Crippen LogP contribution in [-0.4, -0.2) is 21.0 Å². The molecular formula is C13H16BrN3O2. The Balaban J connectivity index is 1.92. The summed E-state index contributed by atoms with van der Waals surface area (Å²) < 4.78 is 7.87. The first-order valence-electron chi connectivity index (χ1n) is 6.44. The van der Waals surface area contributed by atoms with Gasteiger partial charge in [-0.3, -0.25) is 0 Å². The first kappa shape index (κ1) is 12.7. The predicted molar refractivity (Wildman–Crippen MR) is 75.6 cm³/mol. The normalized spacial score (nSPS) is 23.7. The van der Waals surface area contributed by atoms with Crippen molar-refractivity contribution < 1.29 is 9.52 Å². The molecule has 2 unspecified atom stereocenters. The van der Waals surface area contributed by atoms with E-state index in [0.29, 0.717) is 21.9 Å². The molecule has 2 aromatic rings. The Kier molecular flexibility index (Phi) is 3.36. The second kappa shape index (κ2) is 5.02. The van der Waals surface area contributed by atoms with E-state index in [-0.39, 0.29) is 12.1 Å². The van der Waals surface area contributed by atoms with Gasteiger partial charge >= 0.3 is 0 Å². The van der Waals surface area contributed by atoms with E-state index in [0.717, 1.165) is 25.7 Å². The van der Waals surface area contributed by atoms with E-state index in [2.05, 4.69) is 21.0 Å². The number of aromatic nitrogens is 2. The summed E-state index contributed by atoms with van der Waals surface area (Å²) in [6.07, 6.45) is 3.52. The van der Waals surface area contributed by atoms with E-state index in [4.69, 9.17) is 10.2 Å². The zero-order valence-corrected chi connectivity index (χ0v) is 12.0. The van der Waals surface area contributed by atoms with Crippen LogP contribution >= 0.6 is 15.9 Å². The predicted octanol–water partition coefficient (Wildman–Crippen LogP) is 2.96. The van der Waals surface area contributed by atoms with Crippen LogP contribution in [0.5, 0.6) is 0 Å². The molecule has 102 valence electrons. The van der Waals surface area contributed by atoms with Crippen LogP contribution in [0.15, 0.2) is 27.3 Å². The van der Waals surface area contributed by atoms with Crippen LogP contribution in [-0.2, 0) is 0 Å². The van der Waals surface area contributed by atoms with Gasteiger partial charge in [-0.25, -0.2) is 4.68 Å². The molecule has 1 aliphatic carbocycles. The number of anilines is 1. The van der Waals surface area contributed by atoms with Crippen LogP contribution < -0.4 is 5.73 Å². The van der Waals surface area contributed by atoms with Gasteiger partial charge in [0.05, 0.1) is 12.1 Å². The topological polar surface area (TPSA) is 77.2 Å². The summed E-state index contributed by atoms with van der Waals surface area (Å²) in [5.74, 6) is 1.23. The highest BCUT2D eigenvalue weighted by Gasteiger charge is 2.27. The van der Waals surface area contributed by atoms with Gasteiger partial charge in [-0.2, -0.15) is 5.10 Å². The fourth-order valence-electron chi connectivity index (χ4n) is 2.62. The number of rotatable bonds is 2. The van der Waals surface area contributed by atoms with Gasteiger partial charge in [-0.1, -0.05) is 12.8 Å². The number of nitrogens with zero attached hydrogens (tertiary/aromatic N) is 2. The molecule has 3 rings (SSSR count). The van der Waals surface area contributed by atoms with E-state index in [1.807, 2.05) is 12.1 Å². The SMILES string of the molecule is Nc1cc(-c2ccc(Br)o2)nn1C1CCCCC1O. The highest BCUT2D eigenvalue weighted by atomic mass is 79.9. The van der Waals surface area contributed by atoms with Crippen molar-refractivity contribution in [3.63, 3.8) is 0 Å². The summed E-state index contributed by atoms with van der Waals surface area (Å²) in [6.45, 7) is 0. The van der Waals surface area contributed by atoms with Gasteiger partial charge in [0.25, 0.3) is 0 Å². The van der Waals surface area contributed by atoms with Crippen LogP contribution in [0.2, 0.25) is 0 Å². The van der Waals surface area contributed by atoms with Gasteiger partial charge in [-0.15, -0.1) is 0 Å². The van der Waals surface area contributed by atoms with E-state index in [1.54, 1.807) is 10.7 Å². The van der Waals surface area contributed by atoms with Crippen molar-refractivity contribution in [2.75, 3.05) is 5.73 Å². The van der Waals surface area contributed by atoms with Gasteiger partial charge in [0.2, 0.25) is 0 Å². The molecular weight excluding hydrogens is 310 g/mol. The Morgan fingerprint density at radius 2 is 2.16 bits per heavy atom. The van der Waals surface area contributed by atoms with Crippen molar-refractivity contribution in [1.82, 2.24) is 9.78 Å². The number of aliphatic hydroxyl groups is 1. The fraction of sp³-hybridized carbons (Fsp3) is 0.462. The average Bonchev–Trinajstić information content (AvgIpc) is 2.96. The van der Waals surface area contributed by atoms with Gasteiger partial charge in [0, 0.05) is 6.07 Å². The molecule has 3 N–H and O–H groups in total. The van der Waals surface area contributed by atoms with Crippen molar-refractivity contribution in [2.45, 2.75) is 37.8 Å². The smallest absolute Gasteiger partial charge is 0.169 e.